The predicted octanol–water partition coefficient (Wildman–Crippen LogP) is 5.64. The van der Waals surface area contributed by atoms with E-state index >= 15 is 0 Å². The minimum atomic E-state index is -0.702. The van der Waals surface area contributed by atoms with Crippen LogP contribution in [0.5, 0.6) is 0 Å². The molecule has 1 unspecified atom stereocenters. The molecule has 0 aromatic rings. The van der Waals surface area contributed by atoms with Gasteiger partial charge >= 0.3 is 11.9 Å². The van der Waals surface area contributed by atoms with Crippen LogP contribution < -0.4 is 17.0 Å². The summed E-state index contributed by atoms with van der Waals surface area (Å²) in [6.45, 7) is 22.6. The van der Waals surface area contributed by atoms with Crippen LogP contribution in [0.1, 0.15) is 145 Å². The number of rotatable bonds is 8. The quantitative estimate of drug-likeness (QED) is 0.195. The third-order valence-corrected chi connectivity index (χ3v) is 15.3. The van der Waals surface area contributed by atoms with Crippen LogP contribution in [0.25, 0.3) is 0 Å². The minimum Gasteiger partial charge on any atom is -1.00 e. The number of quaternary nitrogens is 1. The topological polar surface area (TPSA) is 76.1 Å². The van der Waals surface area contributed by atoms with Crippen molar-refractivity contribution in [2.24, 2.45) is 34.5 Å². The fourth-order valence-corrected chi connectivity index (χ4v) is 12.5. The molecule has 4 saturated carbocycles. The maximum absolute atomic E-state index is 12.5. The van der Waals surface area contributed by atoms with Crippen molar-refractivity contribution in [3.05, 3.63) is 24.3 Å². The highest BCUT2D eigenvalue weighted by molar-refractivity contribution is 5.66. The summed E-state index contributed by atoms with van der Waals surface area (Å²) < 4.78 is 13.5. The van der Waals surface area contributed by atoms with E-state index in [2.05, 4.69) is 52.3 Å². The van der Waals surface area contributed by atoms with Gasteiger partial charge in [0.25, 0.3) is 0 Å². The van der Waals surface area contributed by atoms with Gasteiger partial charge in [0.05, 0.1) is 25.7 Å². The molecule has 4 aliphatic carbocycles. The first kappa shape index (κ1) is 43.5. The van der Waals surface area contributed by atoms with Gasteiger partial charge in [-0.2, -0.15) is 0 Å². The monoisotopic (exact) mass is 790 g/mol. The molecular weight excluding hydrogens is 716 g/mol. The fourth-order valence-electron chi connectivity index (χ4n) is 12.5. The first-order chi connectivity index (χ1) is 24.0. The zero-order chi connectivity index (χ0) is 37.2. The molecule has 8 heteroatoms. The number of nitrogens with zero attached hydrogens (tertiary/aromatic N) is 2. The summed E-state index contributed by atoms with van der Waals surface area (Å²) in [6, 6.07) is 0.796. The summed E-state index contributed by atoms with van der Waals surface area (Å²) in [5.41, 5.74) is 0.971. The lowest BCUT2D eigenvalue weighted by molar-refractivity contribution is -0.940. The molecule has 0 bridgehead atoms. The molecule has 11 atom stereocenters. The lowest BCUT2D eigenvalue weighted by Crippen LogP contribution is -3.00. The molecule has 52 heavy (non-hydrogen) atoms. The van der Waals surface area contributed by atoms with Crippen molar-refractivity contribution in [1.29, 1.82) is 0 Å². The van der Waals surface area contributed by atoms with Crippen molar-refractivity contribution in [2.75, 3.05) is 33.2 Å². The minimum absolute atomic E-state index is 0. The van der Waals surface area contributed by atoms with E-state index in [9.17, 15) is 14.7 Å². The number of carbonyl (C=O) groups excluding carboxylic acids is 2. The molecule has 2 saturated heterocycles. The van der Waals surface area contributed by atoms with Gasteiger partial charge in [-0.05, 0) is 146 Å². The summed E-state index contributed by atoms with van der Waals surface area (Å²) in [5, 5.41) is 9.49. The summed E-state index contributed by atoms with van der Waals surface area (Å²) in [4.78, 5) is 27.4. The highest BCUT2D eigenvalue weighted by atomic mass is 79.9. The molecule has 1 N–H and O–H groups in total. The number of piperidine rings is 2. The summed E-state index contributed by atoms with van der Waals surface area (Å²) in [7, 11) is 2.47. The Labute approximate surface area is 328 Å². The molecule has 6 aliphatic rings. The van der Waals surface area contributed by atoms with Crippen LogP contribution in [-0.4, -0.2) is 89.5 Å². The zero-order valence-corrected chi connectivity index (χ0v) is 35.9. The number of esters is 2. The van der Waals surface area contributed by atoms with Gasteiger partial charge in [-0.3, -0.25) is 14.5 Å². The maximum Gasteiger partial charge on any atom is 0.303 e. The summed E-state index contributed by atoms with van der Waals surface area (Å²) in [5.74, 6) is 2.50. The van der Waals surface area contributed by atoms with Crippen LogP contribution in [0, 0.1) is 34.5 Å². The second-order valence-corrected chi connectivity index (χ2v) is 19.2. The van der Waals surface area contributed by atoms with E-state index in [4.69, 9.17) is 9.47 Å². The third-order valence-electron chi connectivity index (χ3n) is 15.3. The normalized spacial score (nSPS) is 39.3. The number of carbonyl (C=O) groups is 2. The largest absolute Gasteiger partial charge is 1.00 e. The van der Waals surface area contributed by atoms with Crippen LogP contribution in [0.4, 0.5) is 0 Å². The second kappa shape index (κ2) is 17.7. The highest BCUT2D eigenvalue weighted by Crippen LogP contribution is 2.67. The molecule has 0 aromatic carbocycles. The Kier molecular flexibility index (Phi) is 14.8. The molecule has 0 aromatic heterocycles. The van der Waals surface area contributed by atoms with Gasteiger partial charge in [0.1, 0.15) is 12.1 Å². The molecule has 2 aliphatic heterocycles. The van der Waals surface area contributed by atoms with Crippen LogP contribution in [0.2, 0.25) is 0 Å². The molecule has 2 heterocycles. The van der Waals surface area contributed by atoms with Crippen molar-refractivity contribution in [3.63, 3.8) is 0 Å². The van der Waals surface area contributed by atoms with Crippen molar-refractivity contribution >= 4 is 11.9 Å². The van der Waals surface area contributed by atoms with E-state index in [1.807, 2.05) is 0 Å². The van der Waals surface area contributed by atoms with Gasteiger partial charge in [-0.15, -0.1) is 6.58 Å². The number of hydrogen-bond donors (Lipinski definition) is 1. The number of ether oxygens (including phenoxy) is 2. The van der Waals surface area contributed by atoms with E-state index in [0.29, 0.717) is 35.3 Å². The van der Waals surface area contributed by atoms with Crippen LogP contribution >= 0.6 is 0 Å². The molecule has 0 spiro atoms. The van der Waals surface area contributed by atoms with Gasteiger partial charge in [-0.1, -0.05) is 38.0 Å². The van der Waals surface area contributed by atoms with Crippen LogP contribution in [0.3, 0.4) is 0 Å². The lowest BCUT2D eigenvalue weighted by atomic mass is 9.44. The second-order valence-electron chi connectivity index (χ2n) is 19.2. The summed E-state index contributed by atoms with van der Waals surface area (Å²) >= 11 is 0. The van der Waals surface area contributed by atoms with Crippen molar-refractivity contribution in [3.8, 4) is 0 Å². The SMILES string of the molecule is C=CC(C)(O)CCC=C(C)C.CC(=O)O[C@H]1C[C@@H]2CC[C@@H]3[C@H](CC[C@@]4(C)[C@H]3C[C@H]([N+]3(C)CCCCC3)[C@@H]4OC(C)=O)[C@@]2(C)C[C@@H]1N1CCCCC1.[Br-]. The number of aliphatic hydroxyl groups is 1. The maximum atomic E-state index is 12.5. The molecule has 6 fully saturated rings. The van der Waals surface area contributed by atoms with E-state index in [1.165, 1.54) is 95.7 Å². The van der Waals surface area contributed by atoms with Crippen molar-refractivity contribution < 1.29 is 45.6 Å². The third kappa shape index (κ3) is 9.41. The first-order valence-corrected chi connectivity index (χ1v) is 20.9. The first-order valence-electron chi connectivity index (χ1n) is 20.9. The fraction of sp³-hybridized carbons (Fsp3) is 0.864. The lowest BCUT2D eigenvalue weighted by Gasteiger charge is -2.62. The average molecular weight is 792 g/mol. The predicted molar refractivity (Wildman–Crippen MR) is 206 cm³/mol. The Bertz CT molecular complexity index is 1250. The number of likely N-dealkylation sites (tertiary alicyclic amines) is 2. The molecular formula is C44H75BrN2O5. The van der Waals surface area contributed by atoms with E-state index in [1.54, 1.807) is 26.8 Å². The van der Waals surface area contributed by atoms with Crippen LogP contribution in [0.15, 0.2) is 24.3 Å². The Morgan fingerprint density at radius 1 is 0.904 bits per heavy atom. The Morgan fingerprint density at radius 3 is 2.13 bits per heavy atom. The average Bonchev–Trinajstić information content (AvgIpc) is 3.37. The van der Waals surface area contributed by atoms with Gasteiger partial charge in [0, 0.05) is 31.7 Å². The van der Waals surface area contributed by atoms with Gasteiger partial charge < -0.3 is 36.0 Å². The molecule has 0 amide bonds. The van der Waals surface area contributed by atoms with Gasteiger partial charge in [0.15, 0.2) is 6.10 Å². The number of likely N-dealkylation sites (N-methyl/N-ethyl adjacent to an activating group) is 1. The van der Waals surface area contributed by atoms with E-state index in [0.717, 1.165) is 42.8 Å². The van der Waals surface area contributed by atoms with E-state index in [-0.39, 0.29) is 46.5 Å². The number of halogens is 1. The van der Waals surface area contributed by atoms with Gasteiger partial charge in [0.2, 0.25) is 0 Å². The van der Waals surface area contributed by atoms with E-state index < -0.39 is 5.60 Å². The van der Waals surface area contributed by atoms with Gasteiger partial charge in [-0.25, -0.2) is 0 Å². The molecule has 298 valence electrons. The van der Waals surface area contributed by atoms with Crippen molar-refractivity contribution in [2.45, 2.75) is 175 Å². The standard InChI is InChI=1S/C34H57N2O4.C10H18O.BrH/c1-23(37)39-31-20-25-12-13-26-27(34(25,4)22-29(31)35-16-8-6-9-17-35)14-15-33(3)28(26)21-30(32(33)40-24(2)38)36(5)18-10-7-11-19-36;1-5-10(4,11)8-6-7-9(2)3;/h25-32H,6-22H2,1-5H3;5,7,11H,1,6,8H2,2-4H3;1H/q+1;;/p-1/t25-,26+,27-,28-,29-,30-,31-,32-,33-,34-;;/m0../s1. The summed E-state index contributed by atoms with van der Waals surface area (Å²) in [6.07, 6.45) is 21.7. The zero-order valence-electron chi connectivity index (χ0n) is 34.3. The van der Waals surface area contributed by atoms with Crippen molar-refractivity contribution in [1.82, 2.24) is 4.90 Å². The Morgan fingerprint density at radius 2 is 1.54 bits per heavy atom. The molecule has 7 nitrogen and oxygen atoms in total. The number of hydrogen-bond acceptors (Lipinski definition) is 6. The Balaban J connectivity index is 0.000000439. The smallest absolute Gasteiger partial charge is 0.303 e. The molecule has 6 rings (SSSR count). The number of fused-ring (bicyclic) bond motifs is 5. The van der Waals surface area contributed by atoms with Crippen LogP contribution in [-0.2, 0) is 19.1 Å². The number of allylic oxidation sites excluding steroid dienone is 2. The molecule has 0 radical (unpaired) electrons. The Hall–Kier alpha value is -1.22. The highest BCUT2D eigenvalue weighted by Gasteiger charge is 2.67.